The maximum atomic E-state index is 10.2. The molecule has 1 aromatic rings. The molecule has 0 aromatic heterocycles. The van der Waals surface area contributed by atoms with Gasteiger partial charge < -0.3 is 9.84 Å². The van der Waals surface area contributed by atoms with Gasteiger partial charge in [-0.2, -0.15) is 0 Å². The lowest BCUT2D eigenvalue weighted by molar-refractivity contribution is -0.137. The van der Waals surface area contributed by atoms with E-state index in [0.717, 1.165) is 0 Å². The highest BCUT2D eigenvalue weighted by atomic mass is 16.5. The van der Waals surface area contributed by atoms with Crippen LogP contribution in [0, 0.1) is 4.91 Å². The molecule has 15 heavy (non-hydrogen) atoms. The number of hydrogen-bond donors (Lipinski definition) is 1. The highest BCUT2D eigenvalue weighted by molar-refractivity contribution is 5.66. The highest BCUT2D eigenvalue weighted by Gasteiger charge is 1.98. The van der Waals surface area contributed by atoms with Crippen LogP contribution in [0.4, 0.5) is 5.69 Å². The zero-order chi connectivity index (χ0) is 11.1. The number of nitrogens with zero attached hydrogens (tertiary/aromatic N) is 1. The Kier molecular flexibility index (Phi) is 4.28. The maximum Gasteiger partial charge on any atom is 0.303 e. The summed E-state index contributed by atoms with van der Waals surface area (Å²) in [4.78, 5) is 20.3. The van der Waals surface area contributed by atoms with Crippen LogP contribution in [0.1, 0.15) is 12.8 Å². The third-order valence-corrected chi connectivity index (χ3v) is 1.75. The summed E-state index contributed by atoms with van der Waals surface area (Å²) in [5.41, 5.74) is 0.341. The quantitative estimate of drug-likeness (QED) is 0.576. The van der Waals surface area contributed by atoms with Crippen molar-refractivity contribution >= 4 is 11.7 Å². The number of hydrogen-bond acceptors (Lipinski definition) is 4. The Morgan fingerprint density at radius 2 is 2.00 bits per heavy atom. The Bertz CT molecular complexity index is 334. The van der Waals surface area contributed by atoms with Crippen LogP contribution in [0.2, 0.25) is 0 Å². The van der Waals surface area contributed by atoms with Crippen molar-refractivity contribution in [1.82, 2.24) is 0 Å². The molecule has 1 N–H and O–H groups in total. The van der Waals surface area contributed by atoms with Crippen molar-refractivity contribution in [2.45, 2.75) is 12.8 Å². The maximum absolute atomic E-state index is 10.2. The fraction of sp³-hybridized carbons (Fsp3) is 0.300. The van der Waals surface area contributed by atoms with Gasteiger partial charge in [-0.25, -0.2) is 0 Å². The van der Waals surface area contributed by atoms with Crippen molar-refractivity contribution in [3.63, 3.8) is 0 Å². The minimum atomic E-state index is -0.834. The van der Waals surface area contributed by atoms with E-state index in [2.05, 4.69) is 5.18 Å². The molecule has 0 radical (unpaired) electrons. The Balaban J connectivity index is 2.31. The number of carbonyl (C=O) groups is 1. The molecule has 0 saturated carbocycles. The fourth-order valence-corrected chi connectivity index (χ4v) is 1.02. The topological polar surface area (TPSA) is 76.0 Å². The van der Waals surface area contributed by atoms with Crippen molar-refractivity contribution in [2.75, 3.05) is 6.61 Å². The molecular formula is C10H11NO4. The fourth-order valence-electron chi connectivity index (χ4n) is 1.02. The van der Waals surface area contributed by atoms with Crippen molar-refractivity contribution in [2.24, 2.45) is 5.18 Å². The minimum absolute atomic E-state index is 0.0912. The van der Waals surface area contributed by atoms with Crippen molar-refractivity contribution in [3.05, 3.63) is 29.2 Å². The van der Waals surface area contributed by atoms with Crippen LogP contribution in [0.3, 0.4) is 0 Å². The van der Waals surface area contributed by atoms with E-state index in [4.69, 9.17) is 9.84 Å². The summed E-state index contributed by atoms with van der Waals surface area (Å²) in [6, 6.07) is 6.33. The SMILES string of the molecule is O=Nc1ccc(OCCCC(=O)O)cc1. The highest BCUT2D eigenvalue weighted by Crippen LogP contribution is 2.17. The number of carboxylic acids is 1. The summed E-state index contributed by atoms with van der Waals surface area (Å²) < 4.78 is 5.25. The van der Waals surface area contributed by atoms with Crippen LogP contribution in [0.15, 0.2) is 29.4 Å². The normalized spacial score (nSPS) is 9.60. The first kappa shape index (κ1) is 11.2. The van der Waals surface area contributed by atoms with Crippen LogP contribution in [-0.4, -0.2) is 17.7 Å². The van der Waals surface area contributed by atoms with Crippen LogP contribution in [-0.2, 0) is 4.79 Å². The standard InChI is InChI=1S/C10H11NO4/c12-10(13)2-1-7-15-9-5-3-8(11-14)4-6-9/h3-6H,1-2,7H2,(H,12,13). The predicted molar refractivity (Wildman–Crippen MR) is 54.3 cm³/mol. The first-order valence-electron chi connectivity index (χ1n) is 4.50. The zero-order valence-electron chi connectivity index (χ0n) is 8.05. The molecule has 0 aliphatic heterocycles. The van der Waals surface area contributed by atoms with E-state index in [1.165, 1.54) is 0 Å². The molecule has 5 heteroatoms. The van der Waals surface area contributed by atoms with Gasteiger partial charge in [0.05, 0.1) is 6.61 Å². The summed E-state index contributed by atoms with van der Waals surface area (Å²) in [5, 5.41) is 11.1. The Morgan fingerprint density at radius 3 is 2.53 bits per heavy atom. The van der Waals surface area contributed by atoms with Gasteiger partial charge in [0.25, 0.3) is 0 Å². The third kappa shape index (κ3) is 4.21. The van der Waals surface area contributed by atoms with Crippen molar-refractivity contribution in [1.29, 1.82) is 0 Å². The van der Waals surface area contributed by atoms with Gasteiger partial charge in [0.15, 0.2) is 0 Å². The number of carboxylic acid groups (broad SMARTS) is 1. The smallest absolute Gasteiger partial charge is 0.303 e. The van der Waals surface area contributed by atoms with E-state index in [9.17, 15) is 9.70 Å². The Hall–Kier alpha value is -1.91. The molecule has 0 aliphatic carbocycles. The molecule has 1 rings (SSSR count). The number of aliphatic carboxylic acids is 1. The molecule has 0 fully saturated rings. The van der Waals surface area contributed by atoms with Gasteiger partial charge in [-0.05, 0) is 35.9 Å². The monoisotopic (exact) mass is 209 g/mol. The molecular weight excluding hydrogens is 198 g/mol. The number of rotatable bonds is 6. The summed E-state index contributed by atoms with van der Waals surface area (Å²) in [6.45, 7) is 0.347. The molecule has 0 saturated heterocycles. The zero-order valence-corrected chi connectivity index (χ0v) is 8.05. The van der Waals surface area contributed by atoms with Gasteiger partial charge in [-0.15, -0.1) is 4.91 Å². The number of nitroso groups, excluding NO2 is 1. The summed E-state index contributed by atoms with van der Waals surface area (Å²) >= 11 is 0. The lowest BCUT2D eigenvalue weighted by Crippen LogP contribution is -2.01. The predicted octanol–water partition coefficient (Wildman–Crippen LogP) is 2.33. The molecule has 0 spiro atoms. The van der Waals surface area contributed by atoms with Crippen molar-refractivity contribution < 1.29 is 14.6 Å². The molecule has 0 amide bonds. The second-order valence-corrected chi connectivity index (χ2v) is 2.93. The van der Waals surface area contributed by atoms with Crippen LogP contribution in [0.25, 0.3) is 0 Å². The summed E-state index contributed by atoms with van der Waals surface area (Å²) in [7, 11) is 0. The largest absolute Gasteiger partial charge is 0.494 e. The van der Waals surface area contributed by atoms with Crippen LogP contribution >= 0.6 is 0 Å². The molecule has 0 aliphatic rings. The molecule has 5 nitrogen and oxygen atoms in total. The third-order valence-electron chi connectivity index (χ3n) is 1.75. The molecule has 0 unspecified atom stereocenters. The number of ether oxygens (including phenoxy) is 1. The van der Waals surface area contributed by atoms with Gasteiger partial charge >= 0.3 is 5.97 Å². The molecule has 80 valence electrons. The van der Waals surface area contributed by atoms with E-state index in [-0.39, 0.29) is 6.42 Å². The van der Waals surface area contributed by atoms with Gasteiger partial charge in [0.2, 0.25) is 0 Å². The van der Waals surface area contributed by atoms with Crippen molar-refractivity contribution in [3.8, 4) is 5.75 Å². The second-order valence-electron chi connectivity index (χ2n) is 2.93. The number of benzene rings is 1. The molecule has 0 heterocycles. The van der Waals surface area contributed by atoms with Crippen LogP contribution < -0.4 is 4.74 Å². The first-order valence-corrected chi connectivity index (χ1v) is 4.50. The van der Waals surface area contributed by atoms with E-state index in [1.54, 1.807) is 24.3 Å². The molecule has 0 atom stereocenters. The van der Waals surface area contributed by atoms with E-state index < -0.39 is 5.97 Å². The van der Waals surface area contributed by atoms with E-state index in [1.807, 2.05) is 0 Å². The van der Waals surface area contributed by atoms with Gasteiger partial charge in [-0.3, -0.25) is 4.79 Å². The van der Waals surface area contributed by atoms with E-state index >= 15 is 0 Å². The van der Waals surface area contributed by atoms with Gasteiger partial charge in [-0.1, -0.05) is 0 Å². The average molecular weight is 209 g/mol. The van der Waals surface area contributed by atoms with Gasteiger partial charge in [0.1, 0.15) is 11.4 Å². The lowest BCUT2D eigenvalue weighted by Gasteiger charge is -2.04. The summed E-state index contributed by atoms with van der Waals surface area (Å²) in [6.07, 6.45) is 0.553. The molecule has 1 aromatic carbocycles. The average Bonchev–Trinajstić information content (AvgIpc) is 2.25. The van der Waals surface area contributed by atoms with E-state index in [0.29, 0.717) is 24.5 Å². The summed E-state index contributed by atoms with van der Waals surface area (Å²) in [5.74, 6) is -0.230. The second kappa shape index (κ2) is 5.74. The molecule has 0 bridgehead atoms. The first-order chi connectivity index (χ1) is 7.22. The van der Waals surface area contributed by atoms with Gasteiger partial charge in [0, 0.05) is 6.42 Å². The minimum Gasteiger partial charge on any atom is -0.494 e. The Morgan fingerprint density at radius 1 is 1.33 bits per heavy atom. The Labute approximate surface area is 86.7 Å². The van der Waals surface area contributed by atoms with Crippen LogP contribution in [0.5, 0.6) is 5.75 Å². The lowest BCUT2D eigenvalue weighted by atomic mass is 10.3.